The highest BCUT2D eigenvalue weighted by Crippen LogP contribution is 2.25. The van der Waals surface area contributed by atoms with E-state index in [2.05, 4.69) is 0 Å². The van der Waals surface area contributed by atoms with Crippen molar-refractivity contribution in [2.45, 2.75) is 4.90 Å². The Labute approximate surface area is 116 Å². The zero-order valence-electron chi connectivity index (χ0n) is 11.0. The summed E-state index contributed by atoms with van der Waals surface area (Å²) in [6.45, 7) is 0. The molecule has 1 aromatic carbocycles. The van der Waals surface area contributed by atoms with Gasteiger partial charge in [-0.1, -0.05) is 12.1 Å². The number of nitrogens with zero attached hydrogens (tertiary/aromatic N) is 2. The van der Waals surface area contributed by atoms with Crippen LogP contribution in [0.15, 0.2) is 47.6 Å². The molecular weight excluding hydrogens is 280 g/mol. The van der Waals surface area contributed by atoms with E-state index >= 15 is 0 Å². The van der Waals surface area contributed by atoms with E-state index < -0.39 is 16.0 Å². The van der Waals surface area contributed by atoms with E-state index in [-0.39, 0.29) is 16.1 Å². The highest BCUT2D eigenvalue weighted by atomic mass is 32.2. The second-order valence-corrected chi connectivity index (χ2v) is 6.28. The summed E-state index contributed by atoms with van der Waals surface area (Å²) in [4.78, 5) is 11.3. The summed E-state index contributed by atoms with van der Waals surface area (Å²) in [6.07, 6.45) is 3.08. The summed E-state index contributed by atoms with van der Waals surface area (Å²) in [6, 6.07) is 7.45. The maximum Gasteiger partial charge on any atom is 0.337 e. The molecule has 7 heteroatoms. The normalized spacial score (nSPS) is 11.3. The molecule has 0 unspecified atom stereocenters. The molecule has 1 heterocycles. The fraction of sp³-hybridized carbons (Fsp3) is 0.154. The first-order chi connectivity index (χ1) is 9.34. The van der Waals surface area contributed by atoms with E-state index in [0.29, 0.717) is 0 Å². The highest BCUT2D eigenvalue weighted by Gasteiger charge is 2.25. The number of para-hydroxylation sites is 1. The van der Waals surface area contributed by atoms with Gasteiger partial charge in [-0.3, -0.25) is 4.31 Å². The monoisotopic (exact) mass is 294 g/mol. The minimum absolute atomic E-state index is 0.0606. The number of aromatic nitrogens is 1. The zero-order valence-corrected chi connectivity index (χ0v) is 11.8. The maximum atomic E-state index is 12.4. The predicted molar refractivity (Wildman–Crippen MR) is 74.4 cm³/mol. The molecule has 1 aromatic heterocycles. The lowest BCUT2D eigenvalue weighted by atomic mass is 10.2. The van der Waals surface area contributed by atoms with Crippen LogP contribution in [0.2, 0.25) is 0 Å². The second-order valence-electron chi connectivity index (χ2n) is 4.31. The van der Waals surface area contributed by atoms with Crippen LogP contribution in [0.25, 0.3) is 0 Å². The molecule has 0 saturated carbocycles. The molecule has 0 saturated heterocycles. The van der Waals surface area contributed by atoms with Crippen LogP contribution in [0, 0.1) is 0 Å². The lowest BCUT2D eigenvalue weighted by Gasteiger charge is -2.20. The summed E-state index contributed by atoms with van der Waals surface area (Å²) in [5, 5.41) is 9.13. The number of rotatable bonds is 4. The zero-order chi connectivity index (χ0) is 14.9. The first-order valence-electron chi connectivity index (χ1n) is 5.77. The Bertz CT molecular complexity index is 749. The lowest BCUT2D eigenvalue weighted by molar-refractivity contribution is 0.0698. The topological polar surface area (TPSA) is 79.6 Å². The van der Waals surface area contributed by atoms with Gasteiger partial charge in [0, 0.05) is 26.5 Å². The Kier molecular flexibility index (Phi) is 3.54. The molecule has 2 aromatic rings. The molecule has 0 aliphatic heterocycles. The van der Waals surface area contributed by atoms with E-state index in [9.17, 15) is 13.2 Å². The van der Waals surface area contributed by atoms with Gasteiger partial charge in [0.25, 0.3) is 10.0 Å². The molecule has 6 nitrogen and oxygen atoms in total. The number of anilines is 1. The molecule has 106 valence electrons. The number of carboxylic acid groups (broad SMARTS) is 1. The third-order valence-corrected chi connectivity index (χ3v) is 4.69. The van der Waals surface area contributed by atoms with Crippen molar-refractivity contribution in [1.29, 1.82) is 0 Å². The third kappa shape index (κ3) is 2.39. The fourth-order valence-corrected chi connectivity index (χ4v) is 3.11. The highest BCUT2D eigenvalue weighted by molar-refractivity contribution is 7.92. The van der Waals surface area contributed by atoms with Crippen LogP contribution in [-0.4, -0.2) is 31.1 Å². The Morgan fingerprint density at radius 3 is 2.45 bits per heavy atom. The Balaban J connectivity index is 2.51. The molecular formula is C13H14N2O4S. The van der Waals surface area contributed by atoms with Crippen molar-refractivity contribution in [2.24, 2.45) is 7.05 Å². The molecule has 0 aliphatic rings. The van der Waals surface area contributed by atoms with Crippen molar-refractivity contribution < 1.29 is 18.3 Å². The number of aromatic carboxylic acids is 1. The Morgan fingerprint density at radius 1 is 1.25 bits per heavy atom. The van der Waals surface area contributed by atoms with E-state index in [4.69, 9.17) is 5.11 Å². The van der Waals surface area contributed by atoms with Crippen molar-refractivity contribution in [3.63, 3.8) is 0 Å². The van der Waals surface area contributed by atoms with Crippen LogP contribution in [0.4, 0.5) is 5.69 Å². The average Bonchev–Trinajstić information content (AvgIpc) is 2.85. The number of hydrogen-bond acceptors (Lipinski definition) is 3. The smallest absolute Gasteiger partial charge is 0.337 e. The fourth-order valence-electron chi connectivity index (χ4n) is 1.85. The lowest BCUT2D eigenvalue weighted by Crippen LogP contribution is -2.27. The molecule has 2 rings (SSSR count). The van der Waals surface area contributed by atoms with Crippen LogP contribution in [0.3, 0.4) is 0 Å². The number of aryl methyl sites for hydroxylation is 1. The van der Waals surface area contributed by atoms with Gasteiger partial charge in [0.05, 0.1) is 11.3 Å². The summed E-state index contributed by atoms with van der Waals surface area (Å²) in [7, 11) is -0.728. The molecule has 0 atom stereocenters. The van der Waals surface area contributed by atoms with Crippen LogP contribution in [0.1, 0.15) is 10.4 Å². The molecule has 0 radical (unpaired) electrons. The van der Waals surface area contributed by atoms with E-state index in [1.54, 1.807) is 29.9 Å². The molecule has 0 fully saturated rings. The van der Waals surface area contributed by atoms with Gasteiger partial charge in [0.1, 0.15) is 4.90 Å². The number of hydrogen-bond donors (Lipinski definition) is 1. The van der Waals surface area contributed by atoms with E-state index in [1.165, 1.54) is 31.4 Å². The van der Waals surface area contributed by atoms with Gasteiger partial charge in [-0.2, -0.15) is 0 Å². The average molecular weight is 294 g/mol. The van der Waals surface area contributed by atoms with Gasteiger partial charge >= 0.3 is 5.97 Å². The van der Waals surface area contributed by atoms with Crippen molar-refractivity contribution in [3.05, 3.63) is 48.3 Å². The van der Waals surface area contributed by atoms with Gasteiger partial charge in [-0.25, -0.2) is 13.2 Å². The maximum absolute atomic E-state index is 12.4. The largest absolute Gasteiger partial charge is 0.478 e. The Morgan fingerprint density at radius 2 is 1.90 bits per heavy atom. The van der Waals surface area contributed by atoms with E-state index in [1.807, 2.05) is 0 Å². The standard InChI is InChI=1S/C13H14N2O4S/c1-14-8-7-10(9-14)20(18,19)15(2)12-6-4-3-5-11(12)13(16)17/h3-9H,1-2H3,(H,16,17). The van der Waals surface area contributed by atoms with Crippen molar-refractivity contribution in [3.8, 4) is 0 Å². The van der Waals surface area contributed by atoms with E-state index in [0.717, 1.165) is 4.31 Å². The molecule has 20 heavy (non-hydrogen) atoms. The number of carboxylic acids is 1. The first-order valence-corrected chi connectivity index (χ1v) is 7.21. The van der Waals surface area contributed by atoms with Gasteiger partial charge in [-0.05, 0) is 18.2 Å². The van der Waals surface area contributed by atoms with Crippen LogP contribution < -0.4 is 4.31 Å². The number of sulfonamides is 1. The summed E-state index contributed by atoms with van der Waals surface area (Å²) >= 11 is 0. The van der Waals surface area contributed by atoms with Gasteiger partial charge in [0.15, 0.2) is 0 Å². The Hall–Kier alpha value is -2.28. The minimum Gasteiger partial charge on any atom is -0.478 e. The second kappa shape index (κ2) is 5.01. The molecule has 1 N–H and O–H groups in total. The summed E-state index contributed by atoms with van der Waals surface area (Å²) in [5.74, 6) is -1.17. The van der Waals surface area contributed by atoms with Crippen molar-refractivity contribution in [2.75, 3.05) is 11.4 Å². The molecule has 0 spiro atoms. The minimum atomic E-state index is -3.78. The van der Waals surface area contributed by atoms with Crippen molar-refractivity contribution >= 4 is 21.7 Å². The summed E-state index contributed by atoms with van der Waals surface area (Å²) in [5.41, 5.74) is 0.0679. The number of carbonyl (C=O) groups is 1. The van der Waals surface area contributed by atoms with Gasteiger partial charge < -0.3 is 9.67 Å². The van der Waals surface area contributed by atoms with Gasteiger partial charge in [-0.15, -0.1) is 0 Å². The number of benzene rings is 1. The van der Waals surface area contributed by atoms with Gasteiger partial charge in [0.2, 0.25) is 0 Å². The van der Waals surface area contributed by atoms with Crippen molar-refractivity contribution in [1.82, 2.24) is 4.57 Å². The third-order valence-electron chi connectivity index (χ3n) is 2.94. The molecule has 0 aliphatic carbocycles. The van der Waals surface area contributed by atoms with Crippen LogP contribution in [0.5, 0.6) is 0 Å². The SMILES string of the molecule is CN(c1ccccc1C(=O)O)S(=O)(=O)c1ccn(C)c1. The molecule has 0 bridgehead atoms. The molecule has 0 amide bonds. The van der Waals surface area contributed by atoms with Crippen LogP contribution >= 0.6 is 0 Å². The summed E-state index contributed by atoms with van der Waals surface area (Å²) < 4.78 is 27.5. The predicted octanol–water partition coefficient (Wildman–Crippen LogP) is 1.55. The quantitative estimate of drug-likeness (QED) is 0.927. The first kappa shape index (κ1) is 14.1. The van der Waals surface area contributed by atoms with Crippen LogP contribution in [-0.2, 0) is 17.1 Å².